The van der Waals surface area contributed by atoms with Crippen LogP contribution in [0, 0.1) is 17.0 Å². The molecule has 0 aliphatic heterocycles. The van der Waals surface area contributed by atoms with E-state index in [0.29, 0.717) is 37.3 Å². The number of ether oxygens (including phenoxy) is 2. The first-order valence-corrected chi connectivity index (χ1v) is 6.91. The summed E-state index contributed by atoms with van der Waals surface area (Å²) >= 11 is 1.43. The number of methoxy groups -OCH3 is 1. The van der Waals surface area contributed by atoms with Gasteiger partial charge in [0.2, 0.25) is 0 Å². The molecule has 0 radical (unpaired) electrons. The van der Waals surface area contributed by atoms with E-state index >= 15 is 0 Å². The third kappa shape index (κ3) is 3.27. The van der Waals surface area contributed by atoms with Gasteiger partial charge in [0.05, 0.1) is 35.3 Å². The monoisotopic (exact) mass is 297 g/mol. The molecule has 7 nitrogen and oxygen atoms in total. The van der Waals surface area contributed by atoms with Crippen LogP contribution >= 0.6 is 11.3 Å². The number of thiazole rings is 1. The van der Waals surface area contributed by atoms with Gasteiger partial charge in [0.25, 0.3) is 5.69 Å². The zero-order valence-electron chi connectivity index (χ0n) is 11.3. The lowest BCUT2D eigenvalue weighted by Gasteiger charge is -2.05. The van der Waals surface area contributed by atoms with Gasteiger partial charge < -0.3 is 9.47 Å². The Morgan fingerprint density at radius 2 is 2.20 bits per heavy atom. The summed E-state index contributed by atoms with van der Waals surface area (Å²) in [7, 11) is 1.60. The summed E-state index contributed by atoms with van der Waals surface area (Å²) in [6.45, 7) is 3.22. The van der Waals surface area contributed by atoms with Gasteiger partial charge in [-0.05, 0) is 6.92 Å². The van der Waals surface area contributed by atoms with Crippen LogP contribution in [0.5, 0.6) is 0 Å². The minimum absolute atomic E-state index is 0.00172. The van der Waals surface area contributed by atoms with Crippen molar-refractivity contribution in [2.24, 2.45) is 0 Å². The van der Waals surface area contributed by atoms with Crippen LogP contribution in [-0.2, 0) is 15.9 Å². The average Bonchev–Trinajstić information content (AvgIpc) is 2.78. The zero-order valence-corrected chi connectivity index (χ0v) is 12.1. The molecule has 2 rings (SSSR count). The summed E-state index contributed by atoms with van der Waals surface area (Å²) < 4.78 is 10.3. The van der Waals surface area contributed by atoms with E-state index in [1.54, 1.807) is 7.11 Å². The highest BCUT2D eigenvalue weighted by Crippen LogP contribution is 2.29. The van der Waals surface area contributed by atoms with Gasteiger partial charge in [0.15, 0.2) is 0 Å². The summed E-state index contributed by atoms with van der Waals surface area (Å²) in [4.78, 5) is 19.8. The van der Waals surface area contributed by atoms with Gasteiger partial charge in [-0.15, -0.1) is 0 Å². The number of pyridine rings is 1. The lowest BCUT2D eigenvalue weighted by molar-refractivity contribution is -0.385. The van der Waals surface area contributed by atoms with E-state index in [1.165, 1.54) is 17.5 Å². The van der Waals surface area contributed by atoms with Gasteiger partial charge in [0, 0.05) is 13.5 Å². The van der Waals surface area contributed by atoms with Crippen molar-refractivity contribution in [3.05, 3.63) is 26.9 Å². The summed E-state index contributed by atoms with van der Waals surface area (Å²) in [6, 6.07) is 0. The van der Waals surface area contributed by atoms with E-state index in [2.05, 4.69) is 9.97 Å². The second-order valence-corrected chi connectivity index (χ2v) is 5.30. The average molecular weight is 297 g/mol. The molecule has 0 aliphatic rings. The minimum atomic E-state index is -0.425. The number of fused-ring (bicyclic) bond motifs is 1. The van der Waals surface area contributed by atoms with E-state index < -0.39 is 4.92 Å². The molecular formula is C12H15N3O4S. The summed E-state index contributed by atoms with van der Waals surface area (Å²) in [5.41, 5.74) is 1.19. The fraction of sp³-hybridized carbons (Fsp3) is 0.500. The quantitative estimate of drug-likeness (QED) is 0.442. The van der Waals surface area contributed by atoms with Gasteiger partial charge >= 0.3 is 0 Å². The van der Waals surface area contributed by atoms with E-state index in [9.17, 15) is 10.1 Å². The Hall–Kier alpha value is -1.64. The largest absolute Gasteiger partial charge is 0.382 e. The molecule has 0 bridgehead atoms. The molecule has 0 saturated carbocycles. The molecule has 2 aromatic heterocycles. The van der Waals surface area contributed by atoms with Crippen molar-refractivity contribution in [2.75, 3.05) is 26.9 Å². The molecule has 0 unspecified atom stereocenters. The maximum Gasteiger partial charge on any atom is 0.293 e. The van der Waals surface area contributed by atoms with Gasteiger partial charge in [-0.25, -0.2) is 9.97 Å². The van der Waals surface area contributed by atoms with E-state index in [1.807, 2.05) is 6.92 Å². The van der Waals surface area contributed by atoms with Crippen molar-refractivity contribution < 1.29 is 14.4 Å². The maximum atomic E-state index is 11.1. The van der Waals surface area contributed by atoms with Crippen molar-refractivity contribution in [1.29, 1.82) is 0 Å². The predicted molar refractivity (Wildman–Crippen MR) is 75.2 cm³/mol. The molecule has 0 aromatic carbocycles. The second kappa shape index (κ2) is 6.69. The van der Waals surface area contributed by atoms with Crippen LogP contribution in [0.4, 0.5) is 5.69 Å². The van der Waals surface area contributed by atoms with Gasteiger partial charge in [0.1, 0.15) is 16.5 Å². The van der Waals surface area contributed by atoms with Crippen molar-refractivity contribution >= 4 is 27.4 Å². The summed E-state index contributed by atoms with van der Waals surface area (Å²) in [5.74, 6) is 0. The van der Waals surface area contributed by atoms with E-state index in [4.69, 9.17) is 9.47 Å². The molecular weight excluding hydrogens is 282 g/mol. The van der Waals surface area contributed by atoms with Crippen molar-refractivity contribution in [3.8, 4) is 0 Å². The Labute approximate surface area is 119 Å². The van der Waals surface area contributed by atoms with E-state index in [0.717, 1.165) is 9.84 Å². The molecule has 2 aromatic rings. The van der Waals surface area contributed by atoms with Gasteiger partial charge in [-0.1, -0.05) is 11.3 Å². The van der Waals surface area contributed by atoms with Gasteiger partial charge in [-0.2, -0.15) is 0 Å². The molecule has 0 atom stereocenters. The van der Waals surface area contributed by atoms with Crippen LogP contribution in [0.15, 0.2) is 6.20 Å². The Morgan fingerprint density at radius 3 is 2.90 bits per heavy atom. The Balaban J connectivity index is 2.23. The molecule has 108 valence electrons. The molecule has 0 aliphatic carbocycles. The molecule has 20 heavy (non-hydrogen) atoms. The van der Waals surface area contributed by atoms with Crippen LogP contribution in [-0.4, -0.2) is 41.8 Å². The number of hydrogen-bond acceptors (Lipinski definition) is 7. The van der Waals surface area contributed by atoms with Gasteiger partial charge in [-0.3, -0.25) is 10.1 Å². The molecule has 0 N–H and O–H groups in total. The topological polar surface area (TPSA) is 87.4 Å². The highest BCUT2D eigenvalue weighted by molar-refractivity contribution is 7.18. The number of hydrogen-bond donors (Lipinski definition) is 0. The maximum absolute atomic E-state index is 11.1. The van der Waals surface area contributed by atoms with Crippen molar-refractivity contribution in [2.45, 2.75) is 13.3 Å². The van der Waals surface area contributed by atoms with E-state index in [-0.39, 0.29) is 5.69 Å². The lowest BCUT2D eigenvalue weighted by atomic mass is 10.1. The number of rotatable bonds is 7. The third-order valence-corrected chi connectivity index (χ3v) is 3.62. The van der Waals surface area contributed by atoms with Crippen LogP contribution < -0.4 is 0 Å². The number of aromatic nitrogens is 2. The minimum Gasteiger partial charge on any atom is -0.382 e. The molecule has 0 fully saturated rings. The Morgan fingerprint density at radius 1 is 1.40 bits per heavy atom. The normalized spacial score (nSPS) is 11.1. The standard InChI is InChI=1S/C12H15N3O4S/c1-8-14-11-9(3-4-19-6-5-18-2)10(15(16)17)7-13-12(11)20-8/h7H,3-6H2,1-2H3. The smallest absolute Gasteiger partial charge is 0.293 e. The number of nitrogens with zero attached hydrogens (tertiary/aromatic N) is 3. The number of nitro groups is 1. The van der Waals surface area contributed by atoms with Crippen LogP contribution in [0.1, 0.15) is 10.6 Å². The molecule has 2 heterocycles. The van der Waals surface area contributed by atoms with Crippen LogP contribution in [0.25, 0.3) is 10.3 Å². The van der Waals surface area contributed by atoms with Crippen molar-refractivity contribution in [1.82, 2.24) is 9.97 Å². The summed E-state index contributed by atoms with van der Waals surface area (Å²) in [5, 5.41) is 11.9. The Bertz CT molecular complexity index is 614. The first-order chi connectivity index (χ1) is 9.63. The van der Waals surface area contributed by atoms with Crippen LogP contribution in [0.3, 0.4) is 0 Å². The molecule has 0 spiro atoms. The highest BCUT2D eigenvalue weighted by atomic mass is 32.1. The SMILES string of the molecule is COCCOCCc1c([N+](=O)[O-])cnc2sc(C)nc12. The first-order valence-electron chi connectivity index (χ1n) is 6.09. The predicted octanol–water partition coefficient (Wildman–Crippen LogP) is 2.11. The highest BCUT2D eigenvalue weighted by Gasteiger charge is 2.20. The number of aryl methyl sites for hydroxylation is 1. The van der Waals surface area contributed by atoms with Crippen LogP contribution in [0.2, 0.25) is 0 Å². The fourth-order valence-electron chi connectivity index (χ4n) is 1.84. The summed E-state index contributed by atoms with van der Waals surface area (Å²) in [6.07, 6.45) is 1.73. The fourth-order valence-corrected chi connectivity index (χ4v) is 2.63. The molecule has 0 amide bonds. The zero-order chi connectivity index (χ0) is 14.5. The molecule has 8 heteroatoms. The Kier molecular flexibility index (Phi) is 4.94. The third-order valence-electron chi connectivity index (χ3n) is 2.74. The van der Waals surface area contributed by atoms with Crippen molar-refractivity contribution in [3.63, 3.8) is 0 Å². The first kappa shape index (κ1) is 14.8. The molecule has 0 saturated heterocycles. The lowest BCUT2D eigenvalue weighted by Crippen LogP contribution is -2.07. The second-order valence-electron chi connectivity index (χ2n) is 4.12.